The molecule has 0 bridgehead atoms. The molecule has 0 saturated carbocycles. The lowest BCUT2D eigenvalue weighted by atomic mass is 10.00. The first-order valence-electron chi connectivity index (χ1n) is 8.99. The first-order valence-corrected chi connectivity index (χ1v) is 8.99. The molecule has 2 aliphatic heterocycles. The molecule has 22 heavy (non-hydrogen) atoms. The van der Waals surface area contributed by atoms with Gasteiger partial charge in [0.15, 0.2) is 5.71 Å². The van der Waals surface area contributed by atoms with Gasteiger partial charge in [0.25, 0.3) is 0 Å². The molecule has 0 amide bonds. The van der Waals surface area contributed by atoms with Crippen molar-refractivity contribution in [3.8, 4) is 0 Å². The Labute approximate surface area is 137 Å². The Kier molecular flexibility index (Phi) is 12.2. The normalized spacial score (nSPS) is 19.0. The summed E-state index contributed by atoms with van der Waals surface area (Å²) >= 11 is 0. The van der Waals surface area contributed by atoms with Crippen molar-refractivity contribution in [1.82, 2.24) is 0 Å². The second kappa shape index (κ2) is 12.7. The smallest absolute Gasteiger partial charge is 0.152 e. The third-order valence-electron chi connectivity index (χ3n) is 4.72. The molecule has 2 rings (SSSR count). The summed E-state index contributed by atoms with van der Waals surface area (Å²) < 4.78 is 2.65. The number of nitrogens with zero attached hydrogens (tertiary/aromatic N) is 1. The second-order valence-electron chi connectivity index (χ2n) is 6.39. The molecule has 0 spiro atoms. The van der Waals surface area contributed by atoms with E-state index in [2.05, 4.69) is 11.5 Å². The van der Waals surface area contributed by atoms with Gasteiger partial charge in [-0.15, -0.1) is 0 Å². The summed E-state index contributed by atoms with van der Waals surface area (Å²) in [4.78, 5) is 10.3. The molecular weight excluding hydrogens is 274 g/mol. The number of hydrogen-bond acceptors (Lipinski definition) is 2. The van der Waals surface area contributed by atoms with E-state index in [1.165, 1.54) is 58.0 Å². The summed E-state index contributed by atoms with van der Waals surface area (Å²) in [5.74, 6) is -1.11. The van der Waals surface area contributed by atoms with Crippen LogP contribution in [0.5, 0.6) is 0 Å². The number of carbonyl (C=O) groups excluding carboxylic acids is 1. The number of rotatable bonds is 5. The fourth-order valence-corrected chi connectivity index (χ4v) is 3.25. The van der Waals surface area contributed by atoms with E-state index in [9.17, 15) is 9.90 Å². The molecule has 0 aromatic carbocycles. The Morgan fingerprint density at radius 1 is 1.09 bits per heavy atom. The van der Waals surface area contributed by atoms with Crippen LogP contribution in [0.25, 0.3) is 0 Å². The van der Waals surface area contributed by atoms with Crippen molar-refractivity contribution in [3.05, 3.63) is 0 Å². The molecule has 0 aromatic heterocycles. The summed E-state index contributed by atoms with van der Waals surface area (Å²) in [6.07, 6.45) is 13.6. The number of aliphatic carboxylic acids is 1. The predicted molar refractivity (Wildman–Crippen MR) is 92.4 cm³/mol. The highest BCUT2D eigenvalue weighted by Crippen LogP contribution is 2.15. The van der Waals surface area contributed by atoms with Gasteiger partial charge in [0.1, 0.15) is 13.1 Å². The monoisotopic (exact) mass is 311 g/mol. The van der Waals surface area contributed by atoms with Gasteiger partial charge in [-0.05, 0) is 38.0 Å². The van der Waals surface area contributed by atoms with Crippen molar-refractivity contribution >= 4 is 11.7 Å². The van der Waals surface area contributed by atoms with E-state index in [0.29, 0.717) is 6.42 Å². The molecular formula is C19H37NO2. The summed E-state index contributed by atoms with van der Waals surface area (Å²) in [5.41, 5.74) is 1.77. The molecule has 2 aliphatic rings. The van der Waals surface area contributed by atoms with Gasteiger partial charge in [-0.2, -0.15) is 0 Å². The molecule has 130 valence electrons. The number of carbonyl (C=O) groups is 1. The van der Waals surface area contributed by atoms with Crippen LogP contribution in [0.15, 0.2) is 0 Å². The summed E-state index contributed by atoms with van der Waals surface area (Å²) in [5, 5.41) is 10.3. The van der Waals surface area contributed by atoms with Crippen LogP contribution in [0.3, 0.4) is 0 Å². The topological polar surface area (TPSA) is 43.1 Å². The van der Waals surface area contributed by atoms with E-state index in [0.717, 1.165) is 19.3 Å². The molecule has 3 heteroatoms. The maximum atomic E-state index is 10.3. The van der Waals surface area contributed by atoms with Crippen molar-refractivity contribution < 1.29 is 14.5 Å². The Morgan fingerprint density at radius 3 is 2.23 bits per heavy atom. The maximum Gasteiger partial charge on any atom is 0.152 e. The highest BCUT2D eigenvalue weighted by Gasteiger charge is 2.20. The third-order valence-corrected chi connectivity index (χ3v) is 4.72. The lowest BCUT2D eigenvalue weighted by Crippen LogP contribution is -2.30. The van der Waals surface area contributed by atoms with Crippen LogP contribution in [0, 0.1) is 5.92 Å². The van der Waals surface area contributed by atoms with Crippen molar-refractivity contribution in [2.24, 2.45) is 5.92 Å². The Hall–Kier alpha value is -0.860. The summed E-state index contributed by atoms with van der Waals surface area (Å²) in [6.45, 7) is 6.66. The minimum absolute atomic E-state index is 0. The summed E-state index contributed by atoms with van der Waals surface area (Å²) in [7, 11) is 0. The van der Waals surface area contributed by atoms with Gasteiger partial charge in [-0.25, -0.2) is 4.58 Å². The largest absolute Gasteiger partial charge is 0.550 e. The lowest BCUT2D eigenvalue weighted by molar-refractivity contribution is -0.533. The molecule has 1 unspecified atom stereocenters. The van der Waals surface area contributed by atoms with Gasteiger partial charge < -0.3 is 9.90 Å². The molecule has 0 aliphatic carbocycles. The van der Waals surface area contributed by atoms with E-state index >= 15 is 0 Å². The van der Waals surface area contributed by atoms with Crippen molar-refractivity contribution in [2.45, 2.75) is 91.9 Å². The first-order chi connectivity index (χ1) is 10.2. The molecule has 0 aromatic rings. The maximum absolute atomic E-state index is 10.3. The molecule has 0 radical (unpaired) electrons. The standard InChI is InChI=1S/C10H18N.C8H16O2.CH4/c1-2-6-10-7-3-5-9-11(10)8-4-1;1-3-5-6-7(4-2)8(9)10;/h1-9H2;7H,3-6H2,1-2H3,(H,9,10);1H4/q+1;;/p-1. The fraction of sp³-hybridized carbons (Fsp3) is 0.895. The van der Waals surface area contributed by atoms with Gasteiger partial charge in [0.2, 0.25) is 0 Å². The zero-order valence-electron chi connectivity index (χ0n) is 14.0. The number of carboxylic acids is 1. The lowest BCUT2D eigenvalue weighted by Gasteiger charge is -2.14. The second-order valence-corrected chi connectivity index (χ2v) is 6.39. The Bertz CT molecular complexity index is 318. The zero-order chi connectivity index (χ0) is 15.5. The molecule has 1 atom stereocenters. The highest BCUT2D eigenvalue weighted by atomic mass is 16.4. The minimum Gasteiger partial charge on any atom is -0.550 e. The van der Waals surface area contributed by atoms with Gasteiger partial charge in [-0.1, -0.05) is 34.1 Å². The SMILES string of the molecule is C.C1CCC2=[N+](CC1)CCCC2.CCCCC(CC)C(=O)[O-]. The average Bonchev–Trinajstić information content (AvgIpc) is 2.73. The molecule has 2 heterocycles. The van der Waals surface area contributed by atoms with Gasteiger partial charge in [0, 0.05) is 31.7 Å². The first kappa shape index (κ1) is 21.1. The third kappa shape index (κ3) is 7.95. The van der Waals surface area contributed by atoms with Crippen LogP contribution < -0.4 is 5.11 Å². The fourth-order valence-electron chi connectivity index (χ4n) is 3.25. The van der Waals surface area contributed by atoms with Crippen LogP contribution in [0.4, 0.5) is 0 Å². The zero-order valence-corrected chi connectivity index (χ0v) is 14.0. The molecule has 0 saturated heterocycles. The van der Waals surface area contributed by atoms with Crippen LogP contribution in [0.1, 0.15) is 91.9 Å². The van der Waals surface area contributed by atoms with E-state index < -0.39 is 5.97 Å². The van der Waals surface area contributed by atoms with Crippen molar-refractivity contribution in [3.63, 3.8) is 0 Å². The van der Waals surface area contributed by atoms with E-state index in [1.807, 2.05) is 6.92 Å². The Balaban J connectivity index is 0.000000387. The molecule has 3 nitrogen and oxygen atoms in total. The van der Waals surface area contributed by atoms with Gasteiger partial charge >= 0.3 is 0 Å². The highest BCUT2D eigenvalue weighted by molar-refractivity contribution is 5.80. The van der Waals surface area contributed by atoms with E-state index in [4.69, 9.17) is 0 Å². The van der Waals surface area contributed by atoms with Gasteiger partial charge in [-0.3, -0.25) is 0 Å². The summed E-state index contributed by atoms with van der Waals surface area (Å²) in [6, 6.07) is 0. The van der Waals surface area contributed by atoms with Crippen LogP contribution in [0.2, 0.25) is 0 Å². The Morgan fingerprint density at radius 2 is 1.68 bits per heavy atom. The number of unbranched alkanes of at least 4 members (excludes halogenated alkanes) is 1. The number of hydrogen-bond donors (Lipinski definition) is 0. The van der Waals surface area contributed by atoms with Crippen molar-refractivity contribution in [2.75, 3.05) is 13.1 Å². The molecule has 0 N–H and O–H groups in total. The predicted octanol–water partition coefficient (Wildman–Crippen LogP) is 3.79. The van der Waals surface area contributed by atoms with Gasteiger partial charge in [0.05, 0.1) is 0 Å². The van der Waals surface area contributed by atoms with E-state index in [-0.39, 0.29) is 13.3 Å². The quantitative estimate of drug-likeness (QED) is 0.725. The van der Waals surface area contributed by atoms with Crippen molar-refractivity contribution in [1.29, 1.82) is 0 Å². The average molecular weight is 312 g/mol. The van der Waals surface area contributed by atoms with Crippen LogP contribution >= 0.6 is 0 Å². The van der Waals surface area contributed by atoms with Crippen LogP contribution in [-0.4, -0.2) is 29.3 Å². The molecule has 0 fully saturated rings. The van der Waals surface area contributed by atoms with Crippen LogP contribution in [-0.2, 0) is 4.79 Å². The minimum atomic E-state index is -0.893. The van der Waals surface area contributed by atoms with E-state index in [1.54, 1.807) is 5.71 Å². The number of carboxylic acid groups (broad SMARTS) is 1.